The van der Waals surface area contributed by atoms with E-state index in [1.54, 1.807) is 4.90 Å². The molecule has 3 aliphatic rings. The number of rotatable bonds is 7. The number of aliphatic hydroxyl groups excluding tert-OH is 3. The van der Waals surface area contributed by atoms with Crippen LogP contribution in [-0.2, 0) is 13.9 Å². The molecule has 10 atom stereocenters. The van der Waals surface area contributed by atoms with Crippen LogP contribution in [0.5, 0.6) is 0 Å². The Balaban J connectivity index is 0.00000363. The number of phosphoric acid groups is 1. The standard InChI is InChI=1S/C17H31N4O9P.Na/c1-7-3-9-10(4-8(7)2)21(15-13(18-9)16(25)20-17(26)19-15)5-11(22)14(24)12(23)6-30-31(27,28)29;/h7-15,18,22-24H,3-6H2,1-2H3,(H2,27,28,29)(H2,19,20,25,26);/q;+1/p-1/t7?,8?,9?,10?,11-,12+,13?,14-,15?;/m0./s1. The summed E-state index contributed by atoms with van der Waals surface area (Å²) in [6.07, 6.45) is -4.44. The number of nitrogens with one attached hydrogen (secondary N) is 3. The number of fused-ring (bicyclic) bond motifs is 2. The molecule has 1 saturated carbocycles. The maximum absolute atomic E-state index is 12.4. The van der Waals surface area contributed by atoms with E-state index in [0.717, 1.165) is 12.8 Å². The fourth-order valence-corrected chi connectivity index (χ4v) is 5.02. The first-order valence-corrected chi connectivity index (χ1v) is 11.7. The molecule has 0 aromatic carbocycles. The molecule has 0 bridgehead atoms. The number of carbonyl (C=O) groups excluding carboxylic acids is 2. The van der Waals surface area contributed by atoms with Crippen molar-refractivity contribution in [3.8, 4) is 0 Å². The van der Waals surface area contributed by atoms with Gasteiger partial charge >= 0.3 is 35.6 Å². The van der Waals surface area contributed by atoms with Crippen LogP contribution in [0.4, 0.5) is 4.79 Å². The number of urea groups is 1. The molecule has 3 amide bonds. The maximum Gasteiger partial charge on any atom is 1.00 e. The summed E-state index contributed by atoms with van der Waals surface area (Å²) in [7, 11) is -5.10. The van der Waals surface area contributed by atoms with Crippen molar-refractivity contribution in [2.24, 2.45) is 11.8 Å². The van der Waals surface area contributed by atoms with Crippen molar-refractivity contribution in [3.63, 3.8) is 0 Å². The number of nitrogens with zero attached hydrogens (tertiary/aromatic N) is 1. The van der Waals surface area contributed by atoms with E-state index in [4.69, 9.17) is 4.89 Å². The minimum absolute atomic E-state index is 0. The molecule has 1 aliphatic carbocycles. The summed E-state index contributed by atoms with van der Waals surface area (Å²) in [5.41, 5.74) is 0. The molecule has 2 aliphatic heterocycles. The molecule has 13 nitrogen and oxygen atoms in total. The average molecular weight is 488 g/mol. The third kappa shape index (κ3) is 6.49. The number of carbonyl (C=O) groups is 2. The summed E-state index contributed by atoms with van der Waals surface area (Å²) in [6, 6.07) is -1.69. The first-order valence-electron chi connectivity index (χ1n) is 10.2. The van der Waals surface area contributed by atoms with Crippen LogP contribution in [0.15, 0.2) is 0 Å². The van der Waals surface area contributed by atoms with Crippen LogP contribution in [0.25, 0.3) is 0 Å². The van der Waals surface area contributed by atoms with E-state index in [0.29, 0.717) is 11.8 Å². The molecule has 7 unspecified atom stereocenters. The minimum Gasteiger partial charge on any atom is -0.756 e. The van der Waals surface area contributed by atoms with Crippen LogP contribution in [0.1, 0.15) is 26.7 Å². The van der Waals surface area contributed by atoms with Crippen LogP contribution >= 0.6 is 7.82 Å². The fraction of sp³-hybridized carbons (Fsp3) is 0.882. The summed E-state index contributed by atoms with van der Waals surface area (Å²) < 4.78 is 14.8. The molecular formula is C17H30N4NaO9P. The maximum atomic E-state index is 12.4. The van der Waals surface area contributed by atoms with Gasteiger partial charge in [0.2, 0.25) is 5.91 Å². The van der Waals surface area contributed by atoms with Gasteiger partial charge in [0, 0.05) is 18.6 Å². The van der Waals surface area contributed by atoms with Crippen molar-refractivity contribution in [1.29, 1.82) is 0 Å². The van der Waals surface area contributed by atoms with Gasteiger partial charge in [-0.3, -0.25) is 24.9 Å². The van der Waals surface area contributed by atoms with Crippen molar-refractivity contribution >= 4 is 19.8 Å². The number of phosphoric ester groups is 1. The minimum atomic E-state index is -5.10. The van der Waals surface area contributed by atoms with Crippen LogP contribution in [0.3, 0.4) is 0 Å². The molecule has 178 valence electrons. The normalized spacial score (nSPS) is 37.5. The van der Waals surface area contributed by atoms with E-state index in [1.165, 1.54) is 0 Å². The number of hydrogen-bond acceptors (Lipinski definition) is 10. The number of piperazine rings is 1. The van der Waals surface area contributed by atoms with Crippen molar-refractivity contribution in [2.75, 3.05) is 13.2 Å². The monoisotopic (exact) mass is 488 g/mol. The van der Waals surface area contributed by atoms with Crippen LogP contribution in [-0.4, -0.2) is 92.8 Å². The molecule has 2 saturated heterocycles. The molecular weight excluding hydrogens is 458 g/mol. The third-order valence-corrected chi connectivity index (χ3v) is 7.04. The second-order valence-electron chi connectivity index (χ2n) is 8.74. The quantitative estimate of drug-likeness (QED) is 0.133. The third-order valence-electron chi connectivity index (χ3n) is 6.56. The smallest absolute Gasteiger partial charge is 0.756 e. The number of imide groups is 1. The van der Waals surface area contributed by atoms with Gasteiger partial charge in [-0.25, -0.2) is 4.79 Å². The Bertz CT molecular complexity index is 743. The van der Waals surface area contributed by atoms with E-state index in [1.807, 2.05) is 0 Å². The molecule has 2 heterocycles. The molecule has 3 fully saturated rings. The first-order chi connectivity index (χ1) is 14.4. The number of β-amino-alcohol motifs (C(OH)–C–C–N with tert-alkyl or cyclic N) is 1. The zero-order chi connectivity index (χ0) is 23.1. The molecule has 3 rings (SSSR count). The molecule has 0 aromatic heterocycles. The number of hydrogen-bond donors (Lipinski definition) is 7. The summed E-state index contributed by atoms with van der Waals surface area (Å²) in [6.45, 7) is 3.07. The van der Waals surface area contributed by atoms with E-state index in [-0.39, 0.29) is 48.2 Å². The van der Waals surface area contributed by atoms with Crippen LogP contribution < -0.4 is 50.4 Å². The summed E-state index contributed by atoms with van der Waals surface area (Å²) in [5.74, 6) is 0.234. The second kappa shape index (κ2) is 11.1. The van der Waals surface area contributed by atoms with E-state index < -0.39 is 56.9 Å². The van der Waals surface area contributed by atoms with Gasteiger partial charge in [0.1, 0.15) is 24.4 Å². The van der Waals surface area contributed by atoms with Crippen LogP contribution in [0.2, 0.25) is 0 Å². The molecule has 0 aromatic rings. The Morgan fingerprint density at radius 3 is 2.44 bits per heavy atom. The molecule has 15 heteroatoms. The average Bonchev–Trinajstić information content (AvgIpc) is 2.67. The Morgan fingerprint density at radius 2 is 1.81 bits per heavy atom. The fourth-order valence-electron chi connectivity index (χ4n) is 4.68. The van der Waals surface area contributed by atoms with Crippen molar-refractivity contribution in [2.45, 2.75) is 69.3 Å². The van der Waals surface area contributed by atoms with Gasteiger partial charge < -0.3 is 34.9 Å². The summed E-state index contributed by atoms with van der Waals surface area (Å²) >= 11 is 0. The van der Waals surface area contributed by atoms with E-state index in [2.05, 4.69) is 34.3 Å². The van der Waals surface area contributed by atoms with Gasteiger partial charge in [-0.05, 0) is 24.7 Å². The zero-order valence-electron chi connectivity index (χ0n) is 18.2. The second-order valence-corrected chi connectivity index (χ2v) is 9.93. The molecule has 7 N–H and O–H groups in total. The predicted molar refractivity (Wildman–Crippen MR) is 103 cm³/mol. The summed E-state index contributed by atoms with van der Waals surface area (Å²) in [5, 5.41) is 38.9. The zero-order valence-corrected chi connectivity index (χ0v) is 21.1. The topological polar surface area (TPSA) is 204 Å². The van der Waals surface area contributed by atoms with Crippen molar-refractivity contribution in [3.05, 3.63) is 0 Å². The van der Waals surface area contributed by atoms with Gasteiger partial charge in [-0.1, -0.05) is 13.8 Å². The van der Waals surface area contributed by atoms with E-state index >= 15 is 0 Å². The van der Waals surface area contributed by atoms with Gasteiger partial charge in [0.15, 0.2) is 0 Å². The van der Waals surface area contributed by atoms with E-state index in [9.17, 15) is 34.4 Å². The molecule has 0 radical (unpaired) electrons. The number of aliphatic hydroxyl groups is 3. The van der Waals surface area contributed by atoms with Crippen molar-refractivity contribution < 1.29 is 73.3 Å². The Kier molecular flexibility index (Phi) is 9.71. The van der Waals surface area contributed by atoms with Crippen molar-refractivity contribution in [1.82, 2.24) is 20.9 Å². The van der Waals surface area contributed by atoms with Crippen LogP contribution in [0, 0.1) is 11.8 Å². The largest absolute Gasteiger partial charge is 1.00 e. The summed E-state index contributed by atoms with van der Waals surface area (Å²) in [4.78, 5) is 45.4. The van der Waals surface area contributed by atoms with Gasteiger partial charge in [-0.15, -0.1) is 0 Å². The Labute approximate surface area is 207 Å². The Hall–Kier alpha value is -0.150. The number of amides is 3. The van der Waals surface area contributed by atoms with Gasteiger partial charge in [0.05, 0.1) is 12.7 Å². The van der Waals surface area contributed by atoms with Gasteiger partial charge in [0.25, 0.3) is 7.82 Å². The van der Waals surface area contributed by atoms with Gasteiger partial charge in [-0.2, -0.15) is 0 Å². The molecule has 0 spiro atoms. The SMILES string of the molecule is CC1CC2NC3C(=O)NC(=O)NC3N(C[C@H](O)[C@H](O)[C@H](O)COP(=O)([O-])O)C2CC1C.[Na+]. The first kappa shape index (κ1) is 28.1. The Morgan fingerprint density at radius 1 is 1.19 bits per heavy atom. The molecule has 32 heavy (non-hydrogen) atoms. The predicted octanol–water partition coefficient (Wildman–Crippen LogP) is -6.21.